The zero-order valence-corrected chi connectivity index (χ0v) is 38.3. The number of hydrogen-bond acceptors (Lipinski definition) is 6. The lowest BCUT2D eigenvalue weighted by molar-refractivity contribution is 0.670. The molecule has 7 heteroatoms. The third kappa shape index (κ3) is 8.22. The van der Waals surface area contributed by atoms with Crippen molar-refractivity contribution in [3.8, 4) is 59.9 Å². The van der Waals surface area contributed by atoms with Gasteiger partial charge in [0, 0.05) is 58.5 Å². The second-order valence-corrected chi connectivity index (χ2v) is 25.6. The van der Waals surface area contributed by atoms with Crippen LogP contribution in [0.1, 0.15) is 42.4 Å². The van der Waals surface area contributed by atoms with Crippen molar-refractivity contribution in [1.29, 1.82) is 0 Å². The SMILES string of the molecule is CCCCCCc1ccc(-c2ccc(-c3ccc(-c4ccc(-c5ccc(-c6ccc([Si](C)(c7ccccc7)c7ccc(-c8ccc(C)s8)cc7)cc6)s5)s4)s3)s2)s1. The molecule has 0 spiro atoms. The predicted molar refractivity (Wildman–Crippen MR) is 262 cm³/mol. The maximum Gasteiger partial charge on any atom is 0.145 e. The van der Waals surface area contributed by atoms with Gasteiger partial charge in [0.1, 0.15) is 8.07 Å². The smallest absolute Gasteiger partial charge is 0.141 e. The van der Waals surface area contributed by atoms with Crippen molar-refractivity contribution in [2.45, 2.75) is 52.5 Å². The summed E-state index contributed by atoms with van der Waals surface area (Å²) < 4.78 is 0. The summed E-state index contributed by atoms with van der Waals surface area (Å²) in [6.07, 6.45) is 6.49. The molecule has 0 amide bonds. The third-order valence-electron chi connectivity index (χ3n) is 10.9. The van der Waals surface area contributed by atoms with E-state index >= 15 is 0 Å². The summed E-state index contributed by atoms with van der Waals surface area (Å²) in [5, 5.41) is 4.30. The monoisotopic (exact) mass is 864 g/mol. The number of rotatable bonds is 14. The van der Waals surface area contributed by atoms with Crippen molar-refractivity contribution in [2.75, 3.05) is 0 Å². The van der Waals surface area contributed by atoms with E-state index in [9.17, 15) is 0 Å². The maximum absolute atomic E-state index is 2.50. The van der Waals surface area contributed by atoms with Gasteiger partial charge in [-0.25, -0.2) is 0 Å². The van der Waals surface area contributed by atoms with Crippen LogP contribution in [0.3, 0.4) is 0 Å². The van der Waals surface area contributed by atoms with Crippen LogP contribution in [0.5, 0.6) is 0 Å². The minimum absolute atomic E-state index is 1.21. The van der Waals surface area contributed by atoms with Gasteiger partial charge in [-0.1, -0.05) is 112 Å². The summed E-state index contributed by atoms with van der Waals surface area (Å²) in [5.74, 6) is 0. The van der Waals surface area contributed by atoms with Crippen LogP contribution in [-0.4, -0.2) is 8.07 Å². The first-order valence-corrected chi connectivity index (χ1v) is 27.2. The molecule has 6 heterocycles. The molecule has 0 N–H and O–H groups in total. The molecule has 0 aliphatic rings. The fraction of sp³-hybridized carbons (Fsp3) is 0.160. The first-order chi connectivity index (χ1) is 27.9. The zero-order valence-electron chi connectivity index (χ0n) is 32.4. The van der Waals surface area contributed by atoms with Crippen LogP contribution in [0.25, 0.3) is 59.9 Å². The van der Waals surface area contributed by atoms with E-state index in [-0.39, 0.29) is 0 Å². The lowest BCUT2D eigenvalue weighted by Gasteiger charge is -2.30. The molecule has 1 atom stereocenters. The van der Waals surface area contributed by atoms with Gasteiger partial charge in [0.15, 0.2) is 0 Å². The van der Waals surface area contributed by atoms with Crippen molar-refractivity contribution in [2.24, 2.45) is 0 Å². The molecule has 9 aromatic rings. The normalized spacial score (nSPS) is 12.6. The minimum atomic E-state index is -2.23. The van der Waals surface area contributed by atoms with Gasteiger partial charge >= 0.3 is 0 Å². The van der Waals surface area contributed by atoms with Gasteiger partial charge in [-0.2, -0.15) is 0 Å². The first-order valence-electron chi connectivity index (χ1n) is 19.8. The number of aryl methyl sites for hydroxylation is 2. The standard InChI is InChI=1S/C50H44S6Si/c1-4-5-6-8-11-37-19-25-43(52-37)44-28-29-47(54-44)48-32-33-50(56-48)49-31-30-46(55-49)45-27-26-42(53-45)36-17-22-40(23-18-36)57(3,38-12-9-7-10-13-38)39-20-15-35(16-21-39)41-24-14-34(2)51-41/h7,9-10,12-33H,4-6,8,11H2,1-3H3. The summed E-state index contributed by atoms with van der Waals surface area (Å²) in [7, 11) is -2.23. The van der Waals surface area contributed by atoms with Crippen LogP contribution in [0, 0.1) is 6.92 Å². The summed E-state index contributed by atoms with van der Waals surface area (Å²) in [4.78, 5) is 16.4. The first kappa shape index (κ1) is 38.6. The Morgan fingerprint density at radius 2 is 0.772 bits per heavy atom. The molecule has 9 rings (SSSR count). The Morgan fingerprint density at radius 1 is 0.368 bits per heavy atom. The summed E-state index contributed by atoms with van der Waals surface area (Å²) >= 11 is 11.5. The third-order valence-corrected chi connectivity index (χ3v) is 22.8. The highest BCUT2D eigenvalue weighted by atomic mass is 32.1. The molecule has 0 aliphatic heterocycles. The molecule has 0 bridgehead atoms. The van der Waals surface area contributed by atoms with E-state index in [0.29, 0.717) is 0 Å². The van der Waals surface area contributed by atoms with Crippen LogP contribution in [-0.2, 0) is 6.42 Å². The molecule has 0 radical (unpaired) electrons. The van der Waals surface area contributed by atoms with Gasteiger partial charge in [0.25, 0.3) is 0 Å². The largest absolute Gasteiger partial charge is 0.145 e. The average Bonchev–Trinajstić information content (AvgIpc) is 4.11. The van der Waals surface area contributed by atoms with Crippen LogP contribution in [0.2, 0.25) is 6.55 Å². The Hall–Kier alpha value is -3.92. The van der Waals surface area contributed by atoms with Gasteiger partial charge in [-0.3, -0.25) is 0 Å². The van der Waals surface area contributed by atoms with Crippen LogP contribution in [0.15, 0.2) is 152 Å². The highest BCUT2D eigenvalue weighted by Crippen LogP contribution is 2.45. The van der Waals surface area contributed by atoms with Crippen molar-refractivity contribution in [3.63, 3.8) is 0 Å². The van der Waals surface area contributed by atoms with Crippen LogP contribution >= 0.6 is 68.0 Å². The van der Waals surface area contributed by atoms with Crippen molar-refractivity contribution >= 4 is 91.7 Å². The van der Waals surface area contributed by atoms with Crippen LogP contribution < -0.4 is 15.6 Å². The molecule has 0 saturated heterocycles. The van der Waals surface area contributed by atoms with Crippen molar-refractivity contribution in [1.82, 2.24) is 0 Å². The summed E-state index contributed by atoms with van der Waals surface area (Å²) in [5.41, 5.74) is 2.58. The molecule has 0 fully saturated rings. The van der Waals surface area contributed by atoms with E-state index in [1.54, 1.807) is 0 Å². The number of benzene rings is 3. The van der Waals surface area contributed by atoms with E-state index in [4.69, 9.17) is 0 Å². The number of thiophene rings is 6. The van der Waals surface area contributed by atoms with E-state index in [1.165, 1.54) is 117 Å². The maximum atomic E-state index is 2.50. The highest BCUT2D eigenvalue weighted by molar-refractivity contribution is 7.30. The zero-order chi connectivity index (χ0) is 38.8. The molecule has 0 aliphatic carbocycles. The second kappa shape index (κ2) is 17.1. The van der Waals surface area contributed by atoms with Gasteiger partial charge in [-0.05, 0) is 119 Å². The molecular formula is C50H44S6Si. The lowest BCUT2D eigenvalue weighted by Crippen LogP contribution is -2.64. The molecule has 284 valence electrons. The Morgan fingerprint density at radius 3 is 1.25 bits per heavy atom. The highest BCUT2D eigenvalue weighted by Gasteiger charge is 2.34. The quantitative estimate of drug-likeness (QED) is 0.0580. The molecule has 0 nitrogen and oxygen atoms in total. The number of hydrogen-bond donors (Lipinski definition) is 0. The van der Waals surface area contributed by atoms with E-state index in [1.807, 2.05) is 68.0 Å². The topological polar surface area (TPSA) is 0 Å². The van der Waals surface area contributed by atoms with Crippen molar-refractivity contribution in [3.05, 3.63) is 161 Å². The molecule has 6 aromatic heterocycles. The van der Waals surface area contributed by atoms with Crippen LogP contribution in [0.4, 0.5) is 0 Å². The second-order valence-electron chi connectivity index (χ2n) is 14.8. The van der Waals surface area contributed by atoms with E-state index in [0.717, 1.165) is 0 Å². The average molecular weight is 865 g/mol. The van der Waals surface area contributed by atoms with Gasteiger partial charge < -0.3 is 0 Å². The van der Waals surface area contributed by atoms with E-state index < -0.39 is 8.07 Å². The molecular weight excluding hydrogens is 821 g/mol. The Kier molecular flexibility index (Phi) is 11.6. The fourth-order valence-electron chi connectivity index (χ4n) is 7.60. The summed E-state index contributed by atoms with van der Waals surface area (Å²) in [6.45, 7) is 6.96. The van der Waals surface area contributed by atoms with Crippen molar-refractivity contribution < 1.29 is 0 Å². The predicted octanol–water partition coefficient (Wildman–Crippen LogP) is 15.6. The molecule has 3 aromatic carbocycles. The Balaban J connectivity index is 0.901. The Labute approximate surface area is 362 Å². The lowest BCUT2D eigenvalue weighted by atomic mass is 10.1. The molecule has 0 saturated carbocycles. The van der Waals surface area contributed by atoms with Gasteiger partial charge in [0.2, 0.25) is 0 Å². The molecule has 1 unspecified atom stereocenters. The molecule has 57 heavy (non-hydrogen) atoms. The Bertz CT molecular complexity index is 2700. The van der Waals surface area contributed by atoms with Gasteiger partial charge in [-0.15, -0.1) is 68.0 Å². The minimum Gasteiger partial charge on any atom is -0.141 e. The van der Waals surface area contributed by atoms with E-state index in [2.05, 4.69) is 172 Å². The summed E-state index contributed by atoms with van der Waals surface area (Å²) in [6, 6.07) is 57.6. The fourth-order valence-corrected chi connectivity index (χ4v) is 17.4. The number of unbranched alkanes of at least 4 members (excludes halogenated alkanes) is 3. The van der Waals surface area contributed by atoms with Gasteiger partial charge in [0.05, 0.1) is 0 Å².